The fourth-order valence-corrected chi connectivity index (χ4v) is 2.70. The number of benzene rings is 2. The van der Waals surface area contributed by atoms with Crippen LogP contribution >= 0.6 is 31.9 Å². The summed E-state index contributed by atoms with van der Waals surface area (Å²) in [5.41, 5.74) is 8.25. The summed E-state index contributed by atoms with van der Waals surface area (Å²) in [6.45, 7) is 0. The minimum atomic E-state index is -0.226. The third-order valence-electron chi connectivity index (χ3n) is 2.73. The van der Waals surface area contributed by atoms with Crippen molar-refractivity contribution in [2.24, 2.45) is 5.73 Å². The summed E-state index contributed by atoms with van der Waals surface area (Å²) in [6.07, 6.45) is 0.676. The fourth-order valence-electron chi connectivity index (χ4n) is 1.78. The van der Waals surface area contributed by atoms with Gasteiger partial charge in [0.15, 0.2) is 0 Å². The molecule has 94 valence electrons. The van der Waals surface area contributed by atoms with Gasteiger partial charge < -0.3 is 5.73 Å². The fraction of sp³-hybridized carbons (Fsp3) is 0.143. The lowest BCUT2D eigenvalue weighted by Gasteiger charge is -2.14. The molecule has 0 aliphatic heterocycles. The molecule has 2 aromatic rings. The van der Waals surface area contributed by atoms with Crippen molar-refractivity contribution in [1.29, 1.82) is 0 Å². The van der Waals surface area contributed by atoms with E-state index < -0.39 is 0 Å². The van der Waals surface area contributed by atoms with Crippen molar-refractivity contribution in [3.05, 3.63) is 68.4 Å². The molecule has 0 fully saturated rings. The molecule has 0 amide bonds. The molecule has 0 saturated heterocycles. The highest BCUT2D eigenvalue weighted by atomic mass is 79.9. The van der Waals surface area contributed by atoms with Gasteiger partial charge in [-0.25, -0.2) is 4.39 Å². The van der Waals surface area contributed by atoms with Crippen LogP contribution in [0.3, 0.4) is 0 Å². The Bertz CT molecular complexity index is 540. The van der Waals surface area contributed by atoms with E-state index in [1.807, 2.05) is 18.2 Å². The Labute approximate surface area is 122 Å². The largest absolute Gasteiger partial charge is 0.324 e. The van der Waals surface area contributed by atoms with Gasteiger partial charge in [-0.2, -0.15) is 0 Å². The van der Waals surface area contributed by atoms with Gasteiger partial charge in [-0.1, -0.05) is 44.0 Å². The molecule has 0 aliphatic carbocycles. The SMILES string of the molecule is NC(Cc1ccc(F)cc1)c1cc(Br)ccc1Br. The van der Waals surface area contributed by atoms with Gasteiger partial charge in [0.25, 0.3) is 0 Å². The maximum absolute atomic E-state index is 12.8. The number of hydrogen-bond donors (Lipinski definition) is 1. The van der Waals surface area contributed by atoms with Crippen molar-refractivity contribution >= 4 is 31.9 Å². The van der Waals surface area contributed by atoms with E-state index in [0.717, 1.165) is 20.1 Å². The number of nitrogens with two attached hydrogens (primary N) is 1. The van der Waals surface area contributed by atoms with Gasteiger partial charge in [-0.3, -0.25) is 0 Å². The van der Waals surface area contributed by atoms with E-state index in [2.05, 4.69) is 31.9 Å². The van der Waals surface area contributed by atoms with Gasteiger partial charge in [0.05, 0.1) is 0 Å². The summed E-state index contributed by atoms with van der Waals surface area (Å²) in [4.78, 5) is 0. The molecule has 2 N–H and O–H groups in total. The summed E-state index contributed by atoms with van der Waals surface area (Å²) in [5.74, 6) is -0.226. The van der Waals surface area contributed by atoms with E-state index in [-0.39, 0.29) is 11.9 Å². The standard InChI is InChI=1S/C14H12Br2FN/c15-10-3-6-13(16)12(8-10)14(18)7-9-1-4-11(17)5-2-9/h1-6,8,14H,7,18H2. The maximum atomic E-state index is 12.8. The highest BCUT2D eigenvalue weighted by Crippen LogP contribution is 2.27. The molecular weight excluding hydrogens is 361 g/mol. The van der Waals surface area contributed by atoms with E-state index in [0.29, 0.717) is 6.42 Å². The Morgan fingerprint density at radius 3 is 2.39 bits per heavy atom. The lowest BCUT2D eigenvalue weighted by molar-refractivity contribution is 0.625. The first-order valence-corrected chi connectivity index (χ1v) is 7.10. The van der Waals surface area contributed by atoms with Crippen molar-refractivity contribution in [2.45, 2.75) is 12.5 Å². The summed E-state index contributed by atoms with van der Waals surface area (Å²) < 4.78 is 14.8. The van der Waals surface area contributed by atoms with E-state index in [1.54, 1.807) is 12.1 Å². The summed E-state index contributed by atoms with van der Waals surface area (Å²) in [5, 5.41) is 0. The quantitative estimate of drug-likeness (QED) is 0.837. The van der Waals surface area contributed by atoms with Crippen molar-refractivity contribution in [3.63, 3.8) is 0 Å². The molecule has 0 spiro atoms. The first-order valence-electron chi connectivity index (χ1n) is 5.51. The van der Waals surface area contributed by atoms with Crippen molar-refractivity contribution in [3.8, 4) is 0 Å². The zero-order valence-corrected chi connectivity index (χ0v) is 12.7. The van der Waals surface area contributed by atoms with Gasteiger partial charge in [0, 0.05) is 15.0 Å². The highest BCUT2D eigenvalue weighted by molar-refractivity contribution is 9.11. The Balaban J connectivity index is 2.18. The second kappa shape index (κ2) is 5.95. The average Bonchev–Trinajstić information content (AvgIpc) is 2.35. The first kappa shape index (κ1) is 13.7. The molecule has 0 aliphatic rings. The van der Waals surface area contributed by atoms with Crippen LogP contribution in [0.4, 0.5) is 4.39 Å². The number of rotatable bonds is 3. The molecule has 0 aromatic heterocycles. The molecule has 0 heterocycles. The second-order valence-corrected chi connectivity index (χ2v) is 5.87. The second-order valence-electron chi connectivity index (χ2n) is 4.10. The summed E-state index contributed by atoms with van der Waals surface area (Å²) >= 11 is 6.93. The minimum absolute atomic E-state index is 0.123. The lowest BCUT2D eigenvalue weighted by Crippen LogP contribution is -2.14. The molecule has 0 radical (unpaired) electrons. The number of hydrogen-bond acceptors (Lipinski definition) is 1. The van der Waals surface area contributed by atoms with Crippen molar-refractivity contribution < 1.29 is 4.39 Å². The third-order valence-corrected chi connectivity index (χ3v) is 3.94. The predicted octanol–water partition coefficient (Wildman–Crippen LogP) is 4.59. The highest BCUT2D eigenvalue weighted by Gasteiger charge is 2.11. The molecule has 0 saturated carbocycles. The topological polar surface area (TPSA) is 26.0 Å². The smallest absolute Gasteiger partial charge is 0.123 e. The predicted molar refractivity (Wildman–Crippen MR) is 78.9 cm³/mol. The van der Waals surface area contributed by atoms with Crippen LogP contribution in [0.5, 0.6) is 0 Å². The monoisotopic (exact) mass is 371 g/mol. The minimum Gasteiger partial charge on any atom is -0.324 e. The van der Waals surface area contributed by atoms with Crippen LogP contribution in [0.1, 0.15) is 17.2 Å². The van der Waals surface area contributed by atoms with Crippen LogP contribution in [0.2, 0.25) is 0 Å². The van der Waals surface area contributed by atoms with Gasteiger partial charge in [-0.05, 0) is 47.9 Å². The molecule has 2 aromatic carbocycles. The molecule has 1 atom stereocenters. The van der Waals surface area contributed by atoms with Gasteiger partial charge in [0.1, 0.15) is 5.82 Å². The third kappa shape index (κ3) is 3.40. The first-order chi connectivity index (χ1) is 8.56. The Hall–Kier alpha value is -0.710. The molecule has 1 nitrogen and oxygen atoms in total. The summed E-state index contributed by atoms with van der Waals surface area (Å²) in [7, 11) is 0. The molecule has 2 rings (SSSR count). The molecule has 18 heavy (non-hydrogen) atoms. The van der Waals surface area contributed by atoms with Crippen molar-refractivity contribution in [1.82, 2.24) is 0 Å². The molecule has 1 unspecified atom stereocenters. The Morgan fingerprint density at radius 2 is 1.72 bits per heavy atom. The molecule has 4 heteroatoms. The molecule has 0 bridgehead atoms. The van der Waals surface area contributed by atoms with Gasteiger partial charge >= 0.3 is 0 Å². The van der Waals surface area contributed by atoms with E-state index >= 15 is 0 Å². The van der Waals surface area contributed by atoms with Gasteiger partial charge in [0.2, 0.25) is 0 Å². The Morgan fingerprint density at radius 1 is 1.06 bits per heavy atom. The van der Waals surface area contributed by atoms with Crippen LogP contribution in [0.15, 0.2) is 51.4 Å². The number of halogens is 3. The Kier molecular flexibility index (Phi) is 4.54. The van der Waals surface area contributed by atoms with Crippen LogP contribution in [0.25, 0.3) is 0 Å². The van der Waals surface area contributed by atoms with E-state index in [4.69, 9.17) is 5.73 Å². The summed E-state index contributed by atoms with van der Waals surface area (Å²) in [6, 6.07) is 12.2. The van der Waals surface area contributed by atoms with Crippen LogP contribution < -0.4 is 5.73 Å². The van der Waals surface area contributed by atoms with E-state index in [9.17, 15) is 4.39 Å². The van der Waals surface area contributed by atoms with Crippen LogP contribution in [0, 0.1) is 5.82 Å². The van der Waals surface area contributed by atoms with Crippen molar-refractivity contribution in [2.75, 3.05) is 0 Å². The average molecular weight is 373 g/mol. The van der Waals surface area contributed by atoms with Crippen LogP contribution in [-0.2, 0) is 6.42 Å². The molecular formula is C14H12Br2FN. The zero-order valence-electron chi connectivity index (χ0n) is 9.54. The maximum Gasteiger partial charge on any atom is 0.123 e. The van der Waals surface area contributed by atoms with Gasteiger partial charge in [-0.15, -0.1) is 0 Å². The van der Waals surface area contributed by atoms with Crippen LogP contribution in [-0.4, -0.2) is 0 Å². The lowest BCUT2D eigenvalue weighted by atomic mass is 10.00. The van der Waals surface area contributed by atoms with E-state index in [1.165, 1.54) is 12.1 Å². The zero-order chi connectivity index (χ0) is 13.1. The normalized spacial score (nSPS) is 12.4.